The Labute approximate surface area is 138 Å². The highest BCUT2D eigenvalue weighted by Gasteiger charge is 2.27. The van der Waals surface area contributed by atoms with Gasteiger partial charge in [0, 0.05) is 25.5 Å². The van der Waals surface area contributed by atoms with Crippen LogP contribution in [-0.4, -0.2) is 51.1 Å². The first-order chi connectivity index (χ1) is 11.0. The summed E-state index contributed by atoms with van der Waals surface area (Å²) in [6.07, 6.45) is 0.261. The Balaban J connectivity index is 2.68. The standard InChI is InChI=1S/C15H18N4O5/c1-15(2,3)24-14(21)18-11(13(20)17(4)5)7-9-6-10(19(22)23)8-16-12(9)18/h6-8H,1-5H3. The van der Waals surface area contributed by atoms with E-state index in [0.29, 0.717) is 5.39 Å². The number of hydrogen-bond acceptors (Lipinski definition) is 6. The van der Waals surface area contributed by atoms with E-state index in [1.54, 1.807) is 20.8 Å². The van der Waals surface area contributed by atoms with Gasteiger partial charge in [-0.1, -0.05) is 0 Å². The Morgan fingerprint density at radius 3 is 2.42 bits per heavy atom. The van der Waals surface area contributed by atoms with Gasteiger partial charge in [0.15, 0.2) is 5.65 Å². The van der Waals surface area contributed by atoms with Crippen molar-refractivity contribution in [3.63, 3.8) is 0 Å². The van der Waals surface area contributed by atoms with E-state index in [1.807, 2.05) is 0 Å². The minimum absolute atomic E-state index is 0.0252. The highest BCUT2D eigenvalue weighted by molar-refractivity contribution is 6.02. The fourth-order valence-electron chi connectivity index (χ4n) is 2.06. The molecule has 0 aromatic carbocycles. The van der Waals surface area contributed by atoms with Crippen molar-refractivity contribution in [2.75, 3.05) is 14.1 Å². The van der Waals surface area contributed by atoms with E-state index in [1.165, 1.54) is 31.1 Å². The maximum atomic E-state index is 12.5. The molecule has 2 rings (SSSR count). The second-order valence-electron chi connectivity index (χ2n) is 6.41. The van der Waals surface area contributed by atoms with Gasteiger partial charge in [-0.05, 0) is 26.8 Å². The molecule has 9 heteroatoms. The fraction of sp³-hybridized carbons (Fsp3) is 0.400. The summed E-state index contributed by atoms with van der Waals surface area (Å²) in [4.78, 5) is 40.4. The number of nitrogens with zero attached hydrogens (tertiary/aromatic N) is 4. The Bertz CT molecular complexity index is 832. The molecule has 0 bridgehead atoms. The number of fused-ring (bicyclic) bond motifs is 1. The van der Waals surface area contributed by atoms with Crippen LogP contribution in [0.4, 0.5) is 10.5 Å². The maximum Gasteiger partial charge on any atom is 0.420 e. The molecule has 0 spiro atoms. The summed E-state index contributed by atoms with van der Waals surface area (Å²) in [6, 6.07) is 2.65. The summed E-state index contributed by atoms with van der Waals surface area (Å²) in [5.74, 6) is -0.443. The molecule has 1 amide bonds. The average Bonchev–Trinajstić information content (AvgIpc) is 2.82. The number of ether oxygens (including phenoxy) is 1. The monoisotopic (exact) mass is 334 g/mol. The molecule has 0 atom stereocenters. The lowest BCUT2D eigenvalue weighted by atomic mass is 10.2. The van der Waals surface area contributed by atoms with Crippen molar-refractivity contribution in [1.29, 1.82) is 0 Å². The quantitative estimate of drug-likeness (QED) is 0.616. The molecular formula is C15H18N4O5. The molecule has 0 aliphatic carbocycles. The van der Waals surface area contributed by atoms with E-state index in [9.17, 15) is 19.7 Å². The zero-order chi connectivity index (χ0) is 18.2. The topological polar surface area (TPSA) is 108 Å². The Hall–Kier alpha value is -2.97. The van der Waals surface area contributed by atoms with Crippen molar-refractivity contribution in [1.82, 2.24) is 14.5 Å². The second-order valence-corrected chi connectivity index (χ2v) is 6.41. The third kappa shape index (κ3) is 3.34. The third-order valence-corrected chi connectivity index (χ3v) is 3.04. The third-order valence-electron chi connectivity index (χ3n) is 3.04. The molecule has 2 aromatic rings. The van der Waals surface area contributed by atoms with Crippen molar-refractivity contribution < 1.29 is 19.2 Å². The minimum Gasteiger partial charge on any atom is -0.443 e. The SMILES string of the molecule is CN(C)C(=O)c1cc2cc([N+](=O)[O-])cnc2n1C(=O)OC(C)(C)C. The van der Waals surface area contributed by atoms with Crippen LogP contribution in [-0.2, 0) is 4.74 Å². The average molecular weight is 334 g/mol. The van der Waals surface area contributed by atoms with Crippen molar-refractivity contribution in [3.8, 4) is 0 Å². The van der Waals surface area contributed by atoms with Crippen molar-refractivity contribution >= 4 is 28.7 Å². The molecule has 0 unspecified atom stereocenters. The number of hydrogen-bond donors (Lipinski definition) is 0. The molecule has 0 aliphatic heterocycles. The first kappa shape index (κ1) is 17.4. The number of rotatable bonds is 2. The van der Waals surface area contributed by atoms with Crippen LogP contribution >= 0.6 is 0 Å². The normalized spacial score (nSPS) is 11.4. The highest BCUT2D eigenvalue weighted by Crippen LogP contribution is 2.24. The molecule has 2 aromatic heterocycles. The van der Waals surface area contributed by atoms with Gasteiger partial charge in [0.25, 0.3) is 11.6 Å². The molecule has 0 N–H and O–H groups in total. The zero-order valence-corrected chi connectivity index (χ0v) is 14.1. The molecule has 0 saturated heterocycles. The first-order valence-electron chi connectivity index (χ1n) is 7.12. The van der Waals surface area contributed by atoms with Crippen LogP contribution in [0.2, 0.25) is 0 Å². The van der Waals surface area contributed by atoms with Gasteiger partial charge in [0.2, 0.25) is 0 Å². The van der Waals surface area contributed by atoms with Crippen LogP contribution in [0.3, 0.4) is 0 Å². The van der Waals surface area contributed by atoms with Crippen LogP contribution < -0.4 is 0 Å². The number of aromatic nitrogens is 2. The lowest BCUT2D eigenvalue weighted by Crippen LogP contribution is -2.31. The molecule has 24 heavy (non-hydrogen) atoms. The smallest absolute Gasteiger partial charge is 0.420 e. The molecular weight excluding hydrogens is 316 g/mol. The van der Waals surface area contributed by atoms with Crippen LogP contribution in [0.25, 0.3) is 11.0 Å². The molecule has 0 saturated carbocycles. The molecule has 128 valence electrons. The number of pyridine rings is 1. The Morgan fingerprint density at radius 2 is 1.92 bits per heavy atom. The predicted octanol–water partition coefficient (Wildman–Crippen LogP) is 2.43. The fourth-order valence-corrected chi connectivity index (χ4v) is 2.06. The Morgan fingerprint density at radius 1 is 1.29 bits per heavy atom. The van der Waals surface area contributed by atoms with Crippen LogP contribution in [0.5, 0.6) is 0 Å². The van der Waals surface area contributed by atoms with Gasteiger partial charge in [-0.2, -0.15) is 0 Å². The van der Waals surface area contributed by atoms with Crippen molar-refractivity contribution in [2.45, 2.75) is 26.4 Å². The molecule has 2 heterocycles. The van der Waals surface area contributed by atoms with Gasteiger partial charge in [-0.25, -0.2) is 14.3 Å². The van der Waals surface area contributed by atoms with E-state index in [-0.39, 0.29) is 17.0 Å². The lowest BCUT2D eigenvalue weighted by molar-refractivity contribution is -0.385. The number of nitro groups is 1. The summed E-state index contributed by atoms with van der Waals surface area (Å²) in [5, 5.41) is 11.2. The zero-order valence-electron chi connectivity index (χ0n) is 14.1. The van der Waals surface area contributed by atoms with Gasteiger partial charge >= 0.3 is 6.09 Å². The van der Waals surface area contributed by atoms with Crippen LogP contribution in [0, 0.1) is 10.1 Å². The lowest BCUT2D eigenvalue weighted by Gasteiger charge is -2.21. The van der Waals surface area contributed by atoms with Crippen LogP contribution in [0.1, 0.15) is 31.3 Å². The maximum absolute atomic E-state index is 12.5. The summed E-state index contributed by atoms with van der Waals surface area (Å²) in [7, 11) is 3.07. The van der Waals surface area contributed by atoms with Crippen molar-refractivity contribution in [2.24, 2.45) is 0 Å². The summed E-state index contributed by atoms with van der Waals surface area (Å²) < 4.78 is 6.35. The van der Waals surface area contributed by atoms with Gasteiger partial charge in [-0.15, -0.1) is 0 Å². The van der Waals surface area contributed by atoms with Gasteiger partial charge in [-0.3, -0.25) is 14.9 Å². The first-order valence-corrected chi connectivity index (χ1v) is 7.12. The summed E-state index contributed by atoms with van der Waals surface area (Å²) in [5.41, 5.74) is -0.850. The van der Waals surface area contributed by atoms with Gasteiger partial charge in [0.1, 0.15) is 17.5 Å². The number of amides is 1. The predicted molar refractivity (Wildman–Crippen MR) is 86.0 cm³/mol. The molecule has 0 aliphatic rings. The summed E-state index contributed by atoms with van der Waals surface area (Å²) in [6.45, 7) is 5.09. The second kappa shape index (κ2) is 5.91. The van der Waals surface area contributed by atoms with Gasteiger partial charge in [0.05, 0.1) is 4.92 Å². The van der Waals surface area contributed by atoms with E-state index >= 15 is 0 Å². The molecule has 0 fully saturated rings. The molecule has 0 radical (unpaired) electrons. The molecule has 9 nitrogen and oxygen atoms in total. The minimum atomic E-state index is -0.774. The van der Waals surface area contributed by atoms with E-state index in [2.05, 4.69) is 4.98 Å². The summed E-state index contributed by atoms with van der Waals surface area (Å²) >= 11 is 0. The van der Waals surface area contributed by atoms with E-state index in [0.717, 1.165) is 10.8 Å². The van der Waals surface area contributed by atoms with Crippen LogP contribution in [0.15, 0.2) is 18.3 Å². The Kier molecular flexibility index (Phi) is 4.28. The largest absolute Gasteiger partial charge is 0.443 e. The van der Waals surface area contributed by atoms with Gasteiger partial charge < -0.3 is 9.64 Å². The van der Waals surface area contributed by atoms with Crippen molar-refractivity contribution in [3.05, 3.63) is 34.1 Å². The van der Waals surface area contributed by atoms with E-state index < -0.39 is 22.5 Å². The number of carbonyl (C=O) groups excluding carboxylic acids is 2. The van der Waals surface area contributed by atoms with E-state index in [4.69, 9.17) is 4.74 Å². The number of carbonyl (C=O) groups is 2. The highest BCUT2D eigenvalue weighted by atomic mass is 16.6.